The summed E-state index contributed by atoms with van der Waals surface area (Å²) in [4.78, 5) is 24.5. The van der Waals surface area contributed by atoms with E-state index in [1.807, 2.05) is 0 Å². The minimum atomic E-state index is -0.831. The molecule has 0 unspecified atom stereocenters. The van der Waals surface area contributed by atoms with Gasteiger partial charge in [-0.2, -0.15) is 4.73 Å². The molecule has 120 valence electrons. The van der Waals surface area contributed by atoms with Gasteiger partial charge in [0, 0.05) is 17.0 Å². The van der Waals surface area contributed by atoms with Crippen LogP contribution in [0, 0.1) is 5.21 Å². The number of benzene rings is 1. The number of ketones is 1. The first-order valence-corrected chi connectivity index (χ1v) is 7.74. The summed E-state index contributed by atoms with van der Waals surface area (Å²) in [7, 11) is 0. The maximum absolute atomic E-state index is 12.4. The van der Waals surface area contributed by atoms with Crippen LogP contribution in [0.15, 0.2) is 29.1 Å². The summed E-state index contributed by atoms with van der Waals surface area (Å²) in [6.07, 6.45) is 2.24. The quantitative estimate of drug-likeness (QED) is 0.400. The fourth-order valence-corrected chi connectivity index (χ4v) is 2.98. The molecule has 0 radical (unpaired) electrons. The SMILES string of the molecule is O=C(Cc1c(=O)n(O)c2c([n+]1[O-])CCCC2)c1ccc(Cl)cc1. The molecule has 3 rings (SSSR count). The Hall–Kier alpha value is -2.34. The molecule has 0 saturated carbocycles. The Labute approximate surface area is 137 Å². The fraction of sp³-hybridized carbons (Fsp3) is 0.312. The van der Waals surface area contributed by atoms with E-state index in [9.17, 15) is 20.0 Å². The minimum absolute atomic E-state index is 0.256. The molecular weight excluding hydrogens is 320 g/mol. The van der Waals surface area contributed by atoms with E-state index in [0.29, 0.717) is 44.3 Å². The van der Waals surface area contributed by atoms with E-state index in [0.717, 1.165) is 12.8 Å². The van der Waals surface area contributed by atoms with Crippen LogP contribution < -0.4 is 10.3 Å². The number of nitrogens with zero attached hydrogens (tertiary/aromatic N) is 2. The molecule has 0 atom stereocenters. The van der Waals surface area contributed by atoms with E-state index in [2.05, 4.69) is 0 Å². The van der Waals surface area contributed by atoms with Crippen molar-refractivity contribution in [3.05, 3.63) is 67.5 Å². The second-order valence-corrected chi connectivity index (χ2v) is 6.00. The lowest BCUT2D eigenvalue weighted by molar-refractivity contribution is -0.625. The van der Waals surface area contributed by atoms with Crippen molar-refractivity contribution in [3.8, 4) is 0 Å². The van der Waals surface area contributed by atoms with Crippen LogP contribution in [0.3, 0.4) is 0 Å². The average Bonchev–Trinajstić information content (AvgIpc) is 2.57. The number of rotatable bonds is 3. The van der Waals surface area contributed by atoms with Gasteiger partial charge in [-0.3, -0.25) is 9.59 Å². The van der Waals surface area contributed by atoms with Crippen LogP contribution in [0.25, 0.3) is 0 Å². The summed E-state index contributed by atoms with van der Waals surface area (Å²) < 4.78 is 1.05. The number of Topliss-reactive ketones (excluding diaryl/α,β-unsaturated/α-hetero) is 1. The molecule has 6 nitrogen and oxygen atoms in total. The Kier molecular flexibility index (Phi) is 4.09. The number of hydrogen-bond acceptors (Lipinski definition) is 4. The highest BCUT2D eigenvalue weighted by atomic mass is 35.5. The van der Waals surface area contributed by atoms with Crippen LogP contribution in [-0.2, 0) is 19.3 Å². The van der Waals surface area contributed by atoms with Gasteiger partial charge in [0.15, 0.2) is 5.78 Å². The summed E-state index contributed by atoms with van der Waals surface area (Å²) in [5.41, 5.74) is -0.0109. The third-order valence-corrected chi connectivity index (χ3v) is 4.34. The van der Waals surface area contributed by atoms with Crippen LogP contribution in [0.5, 0.6) is 0 Å². The van der Waals surface area contributed by atoms with Crippen molar-refractivity contribution in [2.24, 2.45) is 0 Å². The molecule has 0 aliphatic heterocycles. The van der Waals surface area contributed by atoms with Gasteiger partial charge >= 0.3 is 5.56 Å². The van der Waals surface area contributed by atoms with Gasteiger partial charge < -0.3 is 10.4 Å². The summed E-state index contributed by atoms with van der Waals surface area (Å²) in [6, 6.07) is 6.21. The molecule has 1 aliphatic rings. The van der Waals surface area contributed by atoms with Crippen LogP contribution in [0.2, 0.25) is 5.02 Å². The number of halogens is 1. The minimum Gasteiger partial charge on any atom is -0.618 e. The molecule has 23 heavy (non-hydrogen) atoms. The Morgan fingerprint density at radius 2 is 1.91 bits per heavy atom. The topological polar surface area (TPSA) is 86.2 Å². The van der Waals surface area contributed by atoms with Gasteiger partial charge in [-0.15, -0.1) is 4.73 Å². The molecule has 0 spiro atoms. The highest BCUT2D eigenvalue weighted by molar-refractivity contribution is 6.30. The predicted octanol–water partition coefficient (Wildman–Crippen LogP) is 1.68. The molecule has 1 N–H and O–H groups in total. The van der Waals surface area contributed by atoms with Crippen LogP contribution in [-0.4, -0.2) is 15.7 Å². The van der Waals surface area contributed by atoms with Gasteiger partial charge in [-0.25, -0.2) is 0 Å². The van der Waals surface area contributed by atoms with E-state index in [1.54, 1.807) is 12.1 Å². The molecule has 0 fully saturated rings. The standard InChI is InChI=1S/C16H15ClN2O4/c17-11-7-5-10(6-8-11)15(20)9-14-16(21)19(23)13-4-2-1-3-12(13)18(14)22/h5-8,23H,1-4,9H2. The van der Waals surface area contributed by atoms with E-state index in [1.165, 1.54) is 12.1 Å². The van der Waals surface area contributed by atoms with Gasteiger partial charge in [-0.05, 0) is 43.5 Å². The second-order valence-electron chi connectivity index (χ2n) is 5.57. The highest BCUT2D eigenvalue weighted by Crippen LogP contribution is 2.17. The van der Waals surface area contributed by atoms with Crippen molar-refractivity contribution in [1.82, 2.24) is 4.73 Å². The van der Waals surface area contributed by atoms with Gasteiger partial charge in [0.1, 0.15) is 12.1 Å². The van der Waals surface area contributed by atoms with Gasteiger partial charge in [-0.1, -0.05) is 11.6 Å². The zero-order valence-electron chi connectivity index (χ0n) is 12.3. The maximum atomic E-state index is 12.4. The first kappa shape index (κ1) is 15.6. The molecular formula is C16H15ClN2O4. The van der Waals surface area contributed by atoms with Crippen molar-refractivity contribution < 1.29 is 14.7 Å². The third-order valence-electron chi connectivity index (χ3n) is 4.09. The van der Waals surface area contributed by atoms with E-state index in [4.69, 9.17) is 11.6 Å². The number of fused-ring (bicyclic) bond motifs is 1. The third kappa shape index (κ3) is 2.82. The molecule has 0 saturated heterocycles. The fourth-order valence-electron chi connectivity index (χ4n) is 2.85. The molecule has 7 heteroatoms. The smallest absolute Gasteiger partial charge is 0.352 e. The molecule has 0 bridgehead atoms. The maximum Gasteiger partial charge on any atom is 0.352 e. The summed E-state index contributed by atoms with van der Waals surface area (Å²) >= 11 is 5.78. The van der Waals surface area contributed by atoms with Crippen molar-refractivity contribution >= 4 is 17.4 Å². The Morgan fingerprint density at radius 3 is 2.61 bits per heavy atom. The normalized spacial score (nSPS) is 13.6. The lowest BCUT2D eigenvalue weighted by Gasteiger charge is -2.18. The Bertz CT molecular complexity index is 827. The number of hydrogen-bond donors (Lipinski definition) is 1. The first-order valence-electron chi connectivity index (χ1n) is 7.36. The molecule has 1 aliphatic carbocycles. The van der Waals surface area contributed by atoms with Crippen molar-refractivity contribution in [2.75, 3.05) is 0 Å². The van der Waals surface area contributed by atoms with E-state index < -0.39 is 5.56 Å². The monoisotopic (exact) mass is 334 g/mol. The van der Waals surface area contributed by atoms with E-state index >= 15 is 0 Å². The molecule has 1 aromatic heterocycles. The second kappa shape index (κ2) is 6.04. The summed E-state index contributed by atoms with van der Waals surface area (Å²) in [6.45, 7) is 0. The molecule has 1 aromatic carbocycles. The van der Waals surface area contributed by atoms with Gasteiger partial charge in [0.25, 0.3) is 5.69 Å². The lowest BCUT2D eigenvalue weighted by Crippen LogP contribution is -2.49. The van der Waals surface area contributed by atoms with Crippen LogP contribution >= 0.6 is 11.6 Å². The Balaban J connectivity index is 2.00. The molecule has 2 aromatic rings. The summed E-state index contributed by atoms with van der Waals surface area (Å²) in [5, 5.41) is 22.9. The zero-order valence-corrected chi connectivity index (χ0v) is 13.0. The summed E-state index contributed by atoms with van der Waals surface area (Å²) in [5.74, 6) is -0.376. The van der Waals surface area contributed by atoms with Crippen molar-refractivity contribution in [1.29, 1.82) is 0 Å². The van der Waals surface area contributed by atoms with Gasteiger partial charge in [0.05, 0.1) is 0 Å². The molecule has 1 heterocycles. The lowest BCUT2D eigenvalue weighted by atomic mass is 9.99. The first-order chi connectivity index (χ1) is 11.0. The average molecular weight is 335 g/mol. The van der Waals surface area contributed by atoms with Crippen LogP contribution in [0.1, 0.15) is 40.3 Å². The zero-order chi connectivity index (χ0) is 16.6. The predicted molar refractivity (Wildman–Crippen MR) is 83.0 cm³/mol. The van der Waals surface area contributed by atoms with E-state index in [-0.39, 0.29) is 17.9 Å². The highest BCUT2D eigenvalue weighted by Gasteiger charge is 2.29. The Morgan fingerprint density at radius 1 is 1.26 bits per heavy atom. The van der Waals surface area contributed by atoms with Crippen molar-refractivity contribution in [3.63, 3.8) is 0 Å². The number of carbonyl (C=O) groups is 1. The largest absolute Gasteiger partial charge is 0.618 e. The van der Waals surface area contributed by atoms with Gasteiger partial charge in [0.2, 0.25) is 5.69 Å². The number of aromatic nitrogens is 2. The van der Waals surface area contributed by atoms with Crippen LogP contribution in [0.4, 0.5) is 0 Å². The molecule has 0 amide bonds. The number of carbonyl (C=O) groups excluding carboxylic acids is 1. The van der Waals surface area contributed by atoms with Crippen molar-refractivity contribution in [2.45, 2.75) is 32.1 Å².